The standard InChI is InChI=1S/C23H21NO4S/c1-27-23(26)20-9-5-6-10-21(20)24-22(25)17-11-13-18(14-12-17)28-15-16-29-19-7-3-2-4-8-19/h2-14H,15-16H2,1H3,(H,24,25). The van der Waals surface area contributed by atoms with Gasteiger partial charge in [-0.3, -0.25) is 4.79 Å². The first-order valence-corrected chi connectivity index (χ1v) is 10.1. The van der Waals surface area contributed by atoms with Crippen molar-refractivity contribution in [2.45, 2.75) is 4.90 Å². The molecule has 29 heavy (non-hydrogen) atoms. The molecule has 0 saturated heterocycles. The fraction of sp³-hybridized carbons (Fsp3) is 0.130. The number of hydrogen-bond acceptors (Lipinski definition) is 5. The lowest BCUT2D eigenvalue weighted by Gasteiger charge is -2.10. The molecular weight excluding hydrogens is 386 g/mol. The number of rotatable bonds is 8. The number of anilines is 1. The minimum Gasteiger partial charge on any atom is -0.493 e. The van der Waals surface area contributed by atoms with Crippen LogP contribution in [-0.4, -0.2) is 31.3 Å². The summed E-state index contributed by atoms with van der Waals surface area (Å²) in [4.78, 5) is 25.5. The first-order chi connectivity index (χ1) is 14.2. The van der Waals surface area contributed by atoms with Gasteiger partial charge in [0.05, 0.1) is 25.0 Å². The van der Waals surface area contributed by atoms with Gasteiger partial charge in [0, 0.05) is 16.2 Å². The summed E-state index contributed by atoms with van der Waals surface area (Å²) >= 11 is 1.73. The van der Waals surface area contributed by atoms with Crippen LogP contribution in [0.1, 0.15) is 20.7 Å². The summed E-state index contributed by atoms with van der Waals surface area (Å²) in [5.41, 5.74) is 1.18. The van der Waals surface area contributed by atoms with Crippen molar-refractivity contribution >= 4 is 29.3 Å². The fourth-order valence-electron chi connectivity index (χ4n) is 2.61. The zero-order chi connectivity index (χ0) is 20.5. The van der Waals surface area contributed by atoms with E-state index in [0.29, 0.717) is 29.2 Å². The van der Waals surface area contributed by atoms with Crippen LogP contribution in [0.2, 0.25) is 0 Å². The largest absolute Gasteiger partial charge is 0.493 e. The van der Waals surface area contributed by atoms with Crippen LogP contribution in [0.15, 0.2) is 83.8 Å². The molecule has 0 saturated carbocycles. The molecule has 3 aromatic carbocycles. The van der Waals surface area contributed by atoms with E-state index in [1.54, 1.807) is 60.3 Å². The van der Waals surface area contributed by atoms with E-state index in [2.05, 4.69) is 17.4 Å². The Kier molecular flexibility index (Phi) is 7.30. The number of esters is 1. The Morgan fingerprint density at radius 1 is 0.897 bits per heavy atom. The van der Waals surface area contributed by atoms with Crippen LogP contribution < -0.4 is 10.1 Å². The minimum absolute atomic E-state index is 0.305. The van der Waals surface area contributed by atoms with Crippen LogP contribution in [0.5, 0.6) is 5.75 Å². The van der Waals surface area contributed by atoms with E-state index >= 15 is 0 Å². The molecule has 0 heterocycles. The molecule has 0 bridgehead atoms. The van der Waals surface area contributed by atoms with Crippen molar-refractivity contribution in [2.24, 2.45) is 0 Å². The third kappa shape index (κ3) is 5.86. The van der Waals surface area contributed by atoms with E-state index in [1.165, 1.54) is 12.0 Å². The highest BCUT2D eigenvalue weighted by atomic mass is 32.2. The van der Waals surface area contributed by atoms with E-state index in [-0.39, 0.29) is 5.91 Å². The summed E-state index contributed by atoms with van der Waals surface area (Å²) in [7, 11) is 1.30. The number of methoxy groups -OCH3 is 1. The maximum Gasteiger partial charge on any atom is 0.339 e. The van der Waals surface area contributed by atoms with E-state index in [9.17, 15) is 9.59 Å². The molecule has 0 fully saturated rings. The summed E-state index contributed by atoms with van der Waals surface area (Å²) in [6.45, 7) is 0.567. The Balaban J connectivity index is 1.53. The van der Waals surface area contributed by atoms with E-state index in [4.69, 9.17) is 9.47 Å². The van der Waals surface area contributed by atoms with Crippen molar-refractivity contribution in [3.63, 3.8) is 0 Å². The normalized spacial score (nSPS) is 10.2. The topological polar surface area (TPSA) is 64.6 Å². The number of nitrogens with one attached hydrogen (secondary N) is 1. The van der Waals surface area contributed by atoms with Gasteiger partial charge in [-0.05, 0) is 48.5 Å². The first-order valence-electron chi connectivity index (χ1n) is 9.07. The van der Waals surface area contributed by atoms with Crippen molar-refractivity contribution in [3.05, 3.63) is 90.0 Å². The molecule has 6 heteroatoms. The third-order valence-corrected chi connectivity index (χ3v) is 5.04. The SMILES string of the molecule is COC(=O)c1ccccc1NC(=O)c1ccc(OCCSc2ccccc2)cc1. The van der Waals surface area contributed by atoms with Gasteiger partial charge < -0.3 is 14.8 Å². The molecule has 0 aliphatic rings. The van der Waals surface area contributed by atoms with Gasteiger partial charge in [0.25, 0.3) is 5.91 Å². The monoisotopic (exact) mass is 407 g/mol. The molecule has 0 aliphatic carbocycles. The second kappa shape index (κ2) is 10.3. The molecule has 1 amide bonds. The van der Waals surface area contributed by atoms with Gasteiger partial charge >= 0.3 is 5.97 Å². The Hall–Kier alpha value is -3.25. The van der Waals surface area contributed by atoms with E-state index in [0.717, 1.165) is 5.75 Å². The van der Waals surface area contributed by atoms with Crippen LogP contribution in [0.3, 0.4) is 0 Å². The Morgan fingerprint density at radius 2 is 1.59 bits per heavy atom. The average molecular weight is 407 g/mol. The lowest BCUT2D eigenvalue weighted by molar-refractivity contribution is 0.0602. The molecule has 0 unspecified atom stereocenters. The lowest BCUT2D eigenvalue weighted by atomic mass is 10.1. The lowest BCUT2D eigenvalue weighted by Crippen LogP contribution is -2.15. The van der Waals surface area contributed by atoms with Crippen LogP contribution >= 0.6 is 11.8 Å². The Labute approximate surface area is 174 Å². The number of ether oxygens (including phenoxy) is 2. The van der Waals surface area contributed by atoms with E-state index < -0.39 is 5.97 Å². The summed E-state index contributed by atoms with van der Waals surface area (Å²) in [6, 6.07) is 23.8. The number of carbonyl (C=O) groups is 2. The first kappa shape index (κ1) is 20.5. The predicted molar refractivity (Wildman–Crippen MR) is 115 cm³/mol. The molecule has 5 nitrogen and oxygen atoms in total. The third-order valence-electron chi connectivity index (χ3n) is 4.06. The van der Waals surface area contributed by atoms with Crippen LogP contribution in [0, 0.1) is 0 Å². The van der Waals surface area contributed by atoms with Crippen molar-refractivity contribution in [1.29, 1.82) is 0 Å². The average Bonchev–Trinajstić information content (AvgIpc) is 2.77. The molecule has 0 atom stereocenters. The molecule has 148 valence electrons. The molecule has 3 aromatic rings. The Bertz CT molecular complexity index is 958. The molecular formula is C23H21NO4S. The number of carbonyl (C=O) groups excluding carboxylic acids is 2. The van der Waals surface area contributed by atoms with Crippen LogP contribution in [0.25, 0.3) is 0 Å². The maximum absolute atomic E-state index is 12.5. The van der Waals surface area contributed by atoms with Gasteiger partial charge in [-0.15, -0.1) is 11.8 Å². The number of thioether (sulfide) groups is 1. The molecule has 0 radical (unpaired) electrons. The minimum atomic E-state index is -0.502. The van der Waals surface area contributed by atoms with Crippen LogP contribution in [-0.2, 0) is 4.74 Å². The Morgan fingerprint density at radius 3 is 2.31 bits per heavy atom. The second-order valence-corrected chi connectivity index (χ2v) is 7.19. The number of benzene rings is 3. The number of amides is 1. The zero-order valence-electron chi connectivity index (χ0n) is 16.0. The van der Waals surface area contributed by atoms with Crippen LogP contribution in [0.4, 0.5) is 5.69 Å². The summed E-state index contributed by atoms with van der Waals surface area (Å²) < 4.78 is 10.5. The molecule has 1 N–H and O–H groups in total. The summed E-state index contributed by atoms with van der Waals surface area (Å²) in [5.74, 6) is 0.715. The van der Waals surface area contributed by atoms with Gasteiger partial charge in [-0.1, -0.05) is 30.3 Å². The molecule has 3 rings (SSSR count). The maximum atomic E-state index is 12.5. The molecule has 0 aromatic heterocycles. The highest BCUT2D eigenvalue weighted by Gasteiger charge is 2.14. The second-order valence-electron chi connectivity index (χ2n) is 6.03. The van der Waals surface area contributed by atoms with Gasteiger partial charge in [-0.2, -0.15) is 0 Å². The number of hydrogen-bond donors (Lipinski definition) is 1. The summed E-state index contributed by atoms with van der Waals surface area (Å²) in [5, 5.41) is 2.75. The molecule has 0 aliphatic heterocycles. The fourth-order valence-corrected chi connectivity index (χ4v) is 3.36. The van der Waals surface area contributed by atoms with Crippen molar-refractivity contribution in [1.82, 2.24) is 0 Å². The smallest absolute Gasteiger partial charge is 0.339 e. The van der Waals surface area contributed by atoms with Crippen molar-refractivity contribution in [2.75, 3.05) is 24.8 Å². The quantitative estimate of drug-likeness (QED) is 0.327. The van der Waals surface area contributed by atoms with Gasteiger partial charge in [0.2, 0.25) is 0 Å². The highest BCUT2D eigenvalue weighted by Crippen LogP contribution is 2.20. The van der Waals surface area contributed by atoms with Crippen molar-refractivity contribution < 1.29 is 19.1 Å². The predicted octanol–water partition coefficient (Wildman–Crippen LogP) is 4.90. The zero-order valence-corrected chi connectivity index (χ0v) is 16.8. The van der Waals surface area contributed by atoms with Gasteiger partial charge in [-0.25, -0.2) is 4.79 Å². The molecule has 0 spiro atoms. The number of para-hydroxylation sites is 1. The van der Waals surface area contributed by atoms with Gasteiger partial charge in [0.15, 0.2) is 0 Å². The van der Waals surface area contributed by atoms with Crippen molar-refractivity contribution in [3.8, 4) is 5.75 Å². The summed E-state index contributed by atoms with van der Waals surface area (Å²) in [6.07, 6.45) is 0. The van der Waals surface area contributed by atoms with E-state index in [1.807, 2.05) is 18.2 Å². The van der Waals surface area contributed by atoms with Gasteiger partial charge in [0.1, 0.15) is 5.75 Å². The highest BCUT2D eigenvalue weighted by molar-refractivity contribution is 7.99.